The minimum absolute atomic E-state index is 0.0309. The van der Waals surface area contributed by atoms with Crippen molar-refractivity contribution in [2.75, 3.05) is 74.9 Å². The maximum atomic E-state index is 15.3. The zero-order valence-corrected chi connectivity index (χ0v) is 38.1. The molecule has 4 N–H and O–H groups in total. The van der Waals surface area contributed by atoms with Gasteiger partial charge in [-0.1, -0.05) is 5.16 Å². The summed E-state index contributed by atoms with van der Waals surface area (Å²) in [6.45, 7) is 10.7. The lowest BCUT2D eigenvalue weighted by Gasteiger charge is -2.43. The SMILES string of the molecule is CC(C)n1nc(-c2noc(C3CC3)c2-c2ncc(C3CCN(C(=O)CCCN4CCC(N5CCN(c6c(F)cc(NC7CCC(=O)NC7=O)cc6F)CC5)CC4)CC3)cn2)c2c(N)ncnc21. The zero-order valence-electron chi connectivity index (χ0n) is 38.1. The first-order valence-corrected chi connectivity index (χ1v) is 23.9. The monoisotopic (exact) mass is 920 g/mol. The van der Waals surface area contributed by atoms with Crippen LogP contribution in [-0.4, -0.2) is 138 Å². The maximum Gasteiger partial charge on any atom is 0.249 e. The highest BCUT2D eigenvalue weighted by Gasteiger charge is 2.37. The Balaban J connectivity index is 0.665. The average Bonchev–Trinajstić information content (AvgIpc) is 3.95. The average molecular weight is 921 g/mol. The molecule has 4 aromatic heterocycles. The van der Waals surface area contributed by atoms with E-state index in [1.54, 1.807) is 4.90 Å². The minimum Gasteiger partial charge on any atom is -0.383 e. The van der Waals surface area contributed by atoms with Crippen molar-refractivity contribution in [3.05, 3.63) is 53.8 Å². The number of rotatable bonds is 13. The molecule has 4 aliphatic heterocycles. The van der Waals surface area contributed by atoms with Gasteiger partial charge in [-0.3, -0.25) is 24.6 Å². The van der Waals surface area contributed by atoms with Gasteiger partial charge in [-0.15, -0.1) is 0 Å². The van der Waals surface area contributed by atoms with E-state index in [0.29, 0.717) is 85.8 Å². The summed E-state index contributed by atoms with van der Waals surface area (Å²) in [7, 11) is 0. The fourth-order valence-corrected chi connectivity index (χ4v) is 10.4. The number of benzene rings is 1. The highest BCUT2D eigenvalue weighted by Crippen LogP contribution is 2.48. The second-order valence-electron chi connectivity index (χ2n) is 19.0. The van der Waals surface area contributed by atoms with Crippen molar-refractivity contribution in [3.8, 4) is 22.8 Å². The number of aromatic nitrogens is 7. The van der Waals surface area contributed by atoms with Crippen molar-refractivity contribution < 1.29 is 27.7 Å². The van der Waals surface area contributed by atoms with Crippen LogP contribution in [0, 0.1) is 11.6 Å². The number of likely N-dealkylation sites (tertiary alicyclic amines) is 2. The number of fused-ring (bicyclic) bond motifs is 1. The molecular weight excluding hydrogens is 863 g/mol. The normalized spacial score (nSPS) is 20.6. The van der Waals surface area contributed by atoms with Crippen LogP contribution in [0.15, 0.2) is 35.4 Å². The number of nitrogens with zero attached hydrogens (tertiary/aromatic N) is 11. The summed E-state index contributed by atoms with van der Waals surface area (Å²) in [5.74, 6) is 0.117. The number of amides is 3. The van der Waals surface area contributed by atoms with E-state index in [1.165, 1.54) is 18.5 Å². The maximum absolute atomic E-state index is 15.3. The number of piperazine rings is 1. The number of carbonyl (C=O) groups is 3. The molecule has 3 amide bonds. The molecule has 10 rings (SSSR count). The Morgan fingerprint density at radius 2 is 1.60 bits per heavy atom. The first kappa shape index (κ1) is 44.7. The predicted molar refractivity (Wildman–Crippen MR) is 246 cm³/mol. The van der Waals surface area contributed by atoms with Crippen LogP contribution in [-0.2, 0) is 14.4 Å². The van der Waals surface area contributed by atoms with Crippen molar-refractivity contribution in [3.63, 3.8) is 0 Å². The van der Waals surface area contributed by atoms with Crippen molar-refractivity contribution in [2.45, 2.75) is 108 Å². The quantitative estimate of drug-likeness (QED) is 0.129. The number of anilines is 3. The number of halogens is 2. The number of nitrogens with one attached hydrogen (secondary N) is 2. The van der Waals surface area contributed by atoms with Gasteiger partial charge in [-0.25, -0.2) is 33.4 Å². The van der Waals surface area contributed by atoms with Gasteiger partial charge in [0.05, 0.1) is 10.9 Å². The second-order valence-corrected chi connectivity index (χ2v) is 19.0. The summed E-state index contributed by atoms with van der Waals surface area (Å²) in [5, 5.41) is 15.1. The molecule has 5 aliphatic rings. The van der Waals surface area contributed by atoms with Gasteiger partial charge in [0.25, 0.3) is 0 Å². The Kier molecular flexibility index (Phi) is 12.6. The van der Waals surface area contributed by atoms with E-state index >= 15 is 8.78 Å². The molecule has 1 unspecified atom stereocenters. The zero-order chi connectivity index (χ0) is 46.3. The smallest absolute Gasteiger partial charge is 0.249 e. The third-order valence-electron chi connectivity index (χ3n) is 14.3. The van der Waals surface area contributed by atoms with E-state index in [1.807, 2.05) is 35.8 Å². The van der Waals surface area contributed by atoms with Crippen molar-refractivity contribution in [1.29, 1.82) is 0 Å². The number of carbonyl (C=O) groups excluding carboxylic acids is 3. The molecule has 1 saturated carbocycles. The third kappa shape index (κ3) is 9.29. The van der Waals surface area contributed by atoms with Gasteiger partial charge in [-0.2, -0.15) is 5.10 Å². The summed E-state index contributed by atoms with van der Waals surface area (Å²) in [4.78, 5) is 64.1. The topological polar surface area (TPSA) is 210 Å². The summed E-state index contributed by atoms with van der Waals surface area (Å²) in [6, 6.07) is 2.16. The molecule has 5 fully saturated rings. The number of hydrogen-bond donors (Lipinski definition) is 3. The van der Waals surface area contributed by atoms with Gasteiger partial charge in [-0.05, 0) is 108 Å². The van der Waals surface area contributed by atoms with Gasteiger partial charge in [0.15, 0.2) is 28.9 Å². The van der Waals surface area contributed by atoms with Crippen LogP contribution < -0.4 is 21.3 Å². The molecule has 1 atom stereocenters. The number of imide groups is 1. The standard InChI is InChI=1S/C47H58F2N14O4/c1-27(2)63-46-39(44(50)53-26-54-46)40(57-63)41-38(43(67-58-41)29-5-6-29)45-51-24-30(25-52-45)28-9-16-61(17-10-28)37(65)4-3-13-59-14-11-32(12-15-59)60-18-20-62(21-19-60)42-33(48)22-31(23-34(42)49)55-35-7-8-36(64)56-47(35)66/h22-29,32,35,55H,3-21H2,1-2H3,(H2,50,53,54)(H,56,64,66). The molecular formula is C47H58F2N14O4. The second kappa shape index (κ2) is 18.9. The summed E-state index contributed by atoms with van der Waals surface area (Å²) in [6.07, 6.45) is 12.8. The first-order chi connectivity index (χ1) is 32.5. The first-order valence-electron chi connectivity index (χ1n) is 23.9. The van der Waals surface area contributed by atoms with Gasteiger partial charge in [0.2, 0.25) is 17.7 Å². The third-order valence-corrected chi connectivity index (χ3v) is 14.3. The lowest BCUT2D eigenvalue weighted by atomic mass is 9.91. The molecule has 0 bridgehead atoms. The van der Waals surface area contributed by atoms with E-state index in [2.05, 4.69) is 35.6 Å². The van der Waals surface area contributed by atoms with Crippen molar-refractivity contribution in [2.24, 2.45) is 0 Å². The Hall–Kier alpha value is -6.15. The van der Waals surface area contributed by atoms with E-state index in [9.17, 15) is 14.4 Å². The van der Waals surface area contributed by atoms with Crippen LogP contribution in [0.25, 0.3) is 33.8 Å². The van der Waals surface area contributed by atoms with Gasteiger partial charge >= 0.3 is 0 Å². The molecule has 5 aromatic rings. The Morgan fingerprint density at radius 1 is 0.881 bits per heavy atom. The van der Waals surface area contributed by atoms with E-state index in [0.717, 1.165) is 81.5 Å². The van der Waals surface area contributed by atoms with E-state index in [4.69, 9.17) is 25.3 Å². The molecule has 4 saturated heterocycles. The van der Waals surface area contributed by atoms with Gasteiger partial charge in [0, 0.05) is 88.2 Å². The molecule has 67 heavy (non-hydrogen) atoms. The predicted octanol–water partition coefficient (Wildman–Crippen LogP) is 5.25. The molecule has 8 heterocycles. The summed E-state index contributed by atoms with van der Waals surface area (Å²) < 4.78 is 38.4. The number of nitrogen functional groups attached to an aromatic ring is 1. The van der Waals surface area contributed by atoms with E-state index in [-0.39, 0.29) is 53.9 Å². The Labute approximate surface area is 387 Å². The van der Waals surface area contributed by atoms with Gasteiger partial charge in [0.1, 0.15) is 35.3 Å². The van der Waals surface area contributed by atoms with Gasteiger partial charge < -0.3 is 30.3 Å². The highest BCUT2D eigenvalue weighted by molar-refractivity contribution is 6.02. The largest absolute Gasteiger partial charge is 0.383 e. The van der Waals surface area contributed by atoms with Crippen LogP contribution in [0.2, 0.25) is 0 Å². The van der Waals surface area contributed by atoms with Crippen LogP contribution in [0.4, 0.5) is 26.0 Å². The van der Waals surface area contributed by atoms with Crippen molar-refractivity contribution >= 4 is 45.9 Å². The molecule has 354 valence electrons. The highest BCUT2D eigenvalue weighted by atomic mass is 19.1. The van der Waals surface area contributed by atoms with Crippen molar-refractivity contribution in [1.82, 2.24) is 54.9 Å². The molecule has 0 radical (unpaired) electrons. The Bertz CT molecular complexity index is 2600. The van der Waals surface area contributed by atoms with Crippen LogP contribution in [0.3, 0.4) is 0 Å². The van der Waals surface area contributed by atoms with E-state index < -0.39 is 23.6 Å². The molecule has 1 aliphatic carbocycles. The molecule has 1 aromatic carbocycles. The summed E-state index contributed by atoms with van der Waals surface area (Å²) in [5.41, 5.74) is 10.0. The number of hydrogen-bond acceptors (Lipinski definition) is 15. The lowest BCUT2D eigenvalue weighted by molar-refractivity contribution is -0.134. The minimum atomic E-state index is -0.721. The Morgan fingerprint density at radius 3 is 2.27 bits per heavy atom. The molecule has 0 spiro atoms. The number of piperidine rings is 3. The fourth-order valence-electron chi connectivity index (χ4n) is 10.4. The van der Waals surface area contributed by atoms with Crippen LogP contribution >= 0.6 is 0 Å². The fraction of sp³-hybridized carbons (Fsp3) is 0.553. The lowest BCUT2D eigenvalue weighted by Crippen LogP contribution is -2.53. The summed E-state index contributed by atoms with van der Waals surface area (Å²) >= 11 is 0. The van der Waals surface area contributed by atoms with Crippen LogP contribution in [0.1, 0.15) is 107 Å². The number of nitrogens with two attached hydrogens (primary N) is 1. The molecule has 18 nitrogen and oxygen atoms in total. The van der Waals surface area contributed by atoms with Crippen LogP contribution in [0.5, 0.6) is 0 Å². The molecule has 20 heteroatoms.